The van der Waals surface area contributed by atoms with E-state index in [1.807, 2.05) is 0 Å². The molecule has 1 rings (SSSR count). The van der Waals surface area contributed by atoms with E-state index in [-0.39, 0.29) is 19.2 Å². The molecule has 1 fully saturated rings. The Morgan fingerprint density at radius 2 is 0.824 bits per heavy atom. The SMILES string of the molecule is CC/C=C\C/C=C\C/C=C\C/C=C\CCCCCCCCCCCCCCCOCC(COC1OC(CO)C(O)C(O)C1O)OC(=O)CCCCCCCCCCCCCCC/C=C\CCCCCCCCCC. The molecule has 1 aliphatic heterocycles. The number of unbranched alkanes of at least 4 members (excludes halogenated alkanes) is 34. The highest BCUT2D eigenvalue weighted by Gasteiger charge is 2.44. The van der Waals surface area contributed by atoms with Gasteiger partial charge in [-0.3, -0.25) is 4.79 Å². The number of aliphatic hydroxyl groups is 4. The lowest BCUT2D eigenvalue weighted by Crippen LogP contribution is -2.59. The minimum atomic E-state index is -1.54. The van der Waals surface area contributed by atoms with Crippen molar-refractivity contribution >= 4 is 5.97 Å². The first-order valence-electron chi connectivity index (χ1n) is 31.4. The Bertz CT molecular complexity index is 1330. The molecule has 0 aliphatic carbocycles. The number of aliphatic hydroxyl groups excluding tert-OH is 4. The van der Waals surface area contributed by atoms with Crippen LogP contribution in [-0.4, -0.2) is 89.6 Å². The number of esters is 1. The molecule has 0 saturated carbocycles. The second kappa shape index (κ2) is 55.6. The smallest absolute Gasteiger partial charge is 0.306 e. The zero-order valence-electron chi connectivity index (χ0n) is 48.1. The molecule has 9 heteroatoms. The average Bonchev–Trinajstić information content (AvgIpc) is 3.40. The molecule has 1 aliphatic rings. The minimum Gasteiger partial charge on any atom is -0.457 e. The van der Waals surface area contributed by atoms with Gasteiger partial charge < -0.3 is 39.4 Å². The van der Waals surface area contributed by atoms with Gasteiger partial charge >= 0.3 is 5.97 Å². The molecule has 4 N–H and O–H groups in total. The topological polar surface area (TPSA) is 135 Å². The Labute approximate surface area is 455 Å². The van der Waals surface area contributed by atoms with Gasteiger partial charge in [-0.15, -0.1) is 0 Å². The molecule has 0 aromatic carbocycles. The maximum absolute atomic E-state index is 12.9. The molecule has 432 valence electrons. The summed E-state index contributed by atoms with van der Waals surface area (Å²) < 4.78 is 23.0. The van der Waals surface area contributed by atoms with Crippen LogP contribution in [-0.2, 0) is 23.7 Å². The fourth-order valence-electron chi connectivity index (χ4n) is 9.60. The van der Waals surface area contributed by atoms with Crippen LogP contribution >= 0.6 is 0 Å². The summed E-state index contributed by atoms with van der Waals surface area (Å²) in [6.45, 7) is 4.49. The Morgan fingerprint density at radius 1 is 0.446 bits per heavy atom. The quantitative estimate of drug-likeness (QED) is 0.0267. The highest BCUT2D eigenvalue weighted by molar-refractivity contribution is 5.69. The summed E-state index contributed by atoms with van der Waals surface area (Å²) >= 11 is 0. The van der Waals surface area contributed by atoms with Crippen molar-refractivity contribution < 1.29 is 44.2 Å². The van der Waals surface area contributed by atoms with Gasteiger partial charge in [0, 0.05) is 13.0 Å². The maximum atomic E-state index is 12.9. The van der Waals surface area contributed by atoms with E-state index in [0.717, 1.165) is 57.8 Å². The average molecular weight is 1040 g/mol. The summed E-state index contributed by atoms with van der Waals surface area (Å²) in [4.78, 5) is 12.9. The van der Waals surface area contributed by atoms with Crippen LogP contribution in [0.1, 0.15) is 284 Å². The zero-order valence-corrected chi connectivity index (χ0v) is 48.1. The third-order valence-corrected chi connectivity index (χ3v) is 14.4. The number of hydrogen-bond acceptors (Lipinski definition) is 9. The van der Waals surface area contributed by atoms with E-state index >= 15 is 0 Å². The first kappa shape index (κ1) is 69.9. The van der Waals surface area contributed by atoms with Crippen LogP contribution in [0.3, 0.4) is 0 Å². The normalized spacial score (nSPS) is 18.9. The van der Waals surface area contributed by atoms with Crippen molar-refractivity contribution in [3.05, 3.63) is 60.8 Å². The largest absolute Gasteiger partial charge is 0.457 e. The Hall–Kier alpha value is -2.11. The molecular formula is C65H118O9. The van der Waals surface area contributed by atoms with Crippen molar-refractivity contribution in [2.45, 2.75) is 320 Å². The van der Waals surface area contributed by atoms with Gasteiger partial charge in [-0.05, 0) is 77.0 Å². The molecule has 0 bridgehead atoms. The van der Waals surface area contributed by atoms with Gasteiger partial charge in [0.15, 0.2) is 6.29 Å². The van der Waals surface area contributed by atoms with Crippen molar-refractivity contribution in [2.24, 2.45) is 0 Å². The van der Waals surface area contributed by atoms with Gasteiger partial charge in [-0.1, -0.05) is 261 Å². The van der Waals surface area contributed by atoms with E-state index in [0.29, 0.717) is 13.0 Å². The second-order valence-corrected chi connectivity index (χ2v) is 21.5. The number of carbonyl (C=O) groups is 1. The molecule has 6 unspecified atom stereocenters. The lowest BCUT2D eigenvalue weighted by Gasteiger charge is -2.39. The van der Waals surface area contributed by atoms with E-state index in [2.05, 4.69) is 74.6 Å². The van der Waals surface area contributed by atoms with Crippen molar-refractivity contribution in [1.82, 2.24) is 0 Å². The van der Waals surface area contributed by atoms with Crippen molar-refractivity contribution in [2.75, 3.05) is 26.4 Å². The lowest BCUT2D eigenvalue weighted by molar-refractivity contribution is -0.305. The van der Waals surface area contributed by atoms with Crippen LogP contribution < -0.4 is 0 Å². The molecule has 1 heterocycles. The number of allylic oxidation sites excluding steroid dienone is 10. The van der Waals surface area contributed by atoms with E-state index in [4.69, 9.17) is 18.9 Å². The minimum absolute atomic E-state index is 0.113. The highest BCUT2D eigenvalue weighted by atomic mass is 16.7. The zero-order chi connectivity index (χ0) is 53.5. The van der Waals surface area contributed by atoms with Gasteiger partial charge in [-0.2, -0.15) is 0 Å². The van der Waals surface area contributed by atoms with Crippen molar-refractivity contribution in [1.29, 1.82) is 0 Å². The lowest BCUT2D eigenvalue weighted by atomic mass is 9.99. The highest BCUT2D eigenvalue weighted by Crippen LogP contribution is 2.23. The van der Waals surface area contributed by atoms with Crippen molar-refractivity contribution in [3.8, 4) is 0 Å². The number of ether oxygens (including phenoxy) is 4. The Balaban J connectivity index is 2.11. The Kier molecular flexibility index (Phi) is 52.6. The number of rotatable bonds is 55. The van der Waals surface area contributed by atoms with Gasteiger partial charge in [0.1, 0.15) is 30.5 Å². The molecular weight excluding hydrogens is 925 g/mol. The maximum Gasteiger partial charge on any atom is 0.306 e. The van der Waals surface area contributed by atoms with Crippen LogP contribution in [0, 0.1) is 0 Å². The van der Waals surface area contributed by atoms with Gasteiger partial charge in [0.25, 0.3) is 0 Å². The molecule has 1 saturated heterocycles. The van der Waals surface area contributed by atoms with Gasteiger partial charge in [0.05, 0.1) is 19.8 Å². The van der Waals surface area contributed by atoms with Crippen LogP contribution in [0.2, 0.25) is 0 Å². The number of hydrogen-bond donors (Lipinski definition) is 4. The summed E-state index contributed by atoms with van der Waals surface area (Å²) in [5.74, 6) is -0.310. The summed E-state index contributed by atoms with van der Waals surface area (Å²) in [6, 6.07) is 0. The summed E-state index contributed by atoms with van der Waals surface area (Å²) in [7, 11) is 0. The van der Waals surface area contributed by atoms with E-state index in [1.165, 1.54) is 205 Å². The first-order chi connectivity index (χ1) is 36.4. The fourth-order valence-corrected chi connectivity index (χ4v) is 9.60. The van der Waals surface area contributed by atoms with Crippen LogP contribution in [0.5, 0.6) is 0 Å². The molecule has 0 radical (unpaired) electrons. The fraction of sp³-hybridized carbons (Fsp3) is 0.831. The third kappa shape index (κ3) is 45.0. The Morgan fingerprint density at radius 3 is 1.26 bits per heavy atom. The van der Waals surface area contributed by atoms with Crippen LogP contribution in [0.15, 0.2) is 60.8 Å². The molecule has 6 atom stereocenters. The predicted molar refractivity (Wildman–Crippen MR) is 311 cm³/mol. The monoisotopic (exact) mass is 1040 g/mol. The third-order valence-electron chi connectivity index (χ3n) is 14.4. The second-order valence-electron chi connectivity index (χ2n) is 21.5. The van der Waals surface area contributed by atoms with Gasteiger partial charge in [-0.25, -0.2) is 0 Å². The molecule has 0 aromatic rings. The summed E-state index contributed by atoms with van der Waals surface area (Å²) in [5, 5.41) is 40.4. The number of carbonyl (C=O) groups excluding carboxylic acids is 1. The van der Waals surface area contributed by atoms with Crippen LogP contribution in [0.4, 0.5) is 0 Å². The van der Waals surface area contributed by atoms with E-state index in [9.17, 15) is 25.2 Å². The standard InChI is InChI=1S/C65H118O9/c1-3-5-7-9-11-13-15-17-19-21-23-25-27-29-31-33-35-37-39-41-43-45-47-49-51-53-55-71-57-59(58-72-65-64(70)63(69)62(68)60(56-66)74-65)73-61(67)54-52-50-48-46-44-42-40-38-36-34-32-30-28-26-24-22-20-18-16-14-12-10-8-6-4-2/h5,7,11,13,17,19,22-25,59-60,62-66,68-70H,3-4,6,8-10,12,14-16,18,20-21,26-58H2,1-2H3/b7-5-,13-11-,19-17-,24-22-,25-23-. The summed E-state index contributed by atoms with van der Waals surface area (Å²) in [6.07, 6.45) is 67.1. The van der Waals surface area contributed by atoms with E-state index in [1.54, 1.807) is 0 Å². The predicted octanol–water partition coefficient (Wildman–Crippen LogP) is 16.9. The molecule has 74 heavy (non-hydrogen) atoms. The first-order valence-corrected chi connectivity index (χ1v) is 31.4. The van der Waals surface area contributed by atoms with Crippen molar-refractivity contribution in [3.63, 3.8) is 0 Å². The molecule has 0 aromatic heterocycles. The molecule has 9 nitrogen and oxygen atoms in total. The van der Waals surface area contributed by atoms with E-state index < -0.39 is 43.4 Å². The van der Waals surface area contributed by atoms with Crippen LogP contribution in [0.25, 0.3) is 0 Å². The van der Waals surface area contributed by atoms with Gasteiger partial charge in [0.2, 0.25) is 0 Å². The molecule has 0 amide bonds. The summed E-state index contributed by atoms with van der Waals surface area (Å²) in [5.41, 5.74) is 0. The molecule has 0 spiro atoms.